The van der Waals surface area contributed by atoms with Crippen LogP contribution in [0.5, 0.6) is 0 Å². The molecule has 4 aromatic carbocycles. The monoisotopic (exact) mass is 776 g/mol. The van der Waals surface area contributed by atoms with Crippen molar-refractivity contribution in [1.29, 1.82) is 0 Å². The standard InChI is InChI=1S/C49H47BF2N2S2/c1-3-5-7-15-21-38-25-29-46(55-38)36-23-27-40-42(31-36)48(34-17-11-9-12-18-34)53-44(40)33-45-41-28-24-37(47-30-26-39(56-47)22-16-8-6-4-2)32-43(41)49(54(45)50(53,51)52)35-19-13-10-14-20-35/h9-14,17-20,23-33H,3-8,15-16,21-22H2,1-2H3. The second-order valence-electron chi connectivity index (χ2n) is 15.3. The molecular formula is C49H47BF2N2S2. The minimum atomic E-state index is -4.34. The summed E-state index contributed by atoms with van der Waals surface area (Å²) < 4.78 is 39.0. The van der Waals surface area contributed by atoms with Gasteiger partial charge < -0.3 is 17.6 Å². The molecule has 0 N–H and O–H groups in total. The second kappa shape index (κ2) is 15.6. The van der Waals surface area contributed by atoms with Gasteiger partial charge in [0.1, 0.15) is 0 Å². The summed E-state index contributed by atoms with van der Waals surface area (Å²) in [6, 6.07) is 41.1. The lowest BCUT2D eigenvalue weighted by molar-refractivity contribution is -0.316. The van der Waals surface area contributed by atoms with Crippen molar-refractivity contribution in [2.24, 2.45) is 0 Å². The fraction of sp³-hybridized carbons (Fsp3) is 0.245. The van der Waals surface area contributed by atoms with Gasteiger partial charge in [-0.05, 0) is 97.0 Å². The molecule has 7 heteroatoms. The lowest BCUT2D eigenvalue weighted by Gasteiger charge is -2.31. The fourth-order valence-electron chi connectivity index (χ4n) is 8.75. The highest BCUT2D eigenvalue weighted by atomic mass is 32.1. The average molecular weight is 777 g/mol. The molecule has 0 amide bonds. The molecule has 56 heavy (non-hydrogen) atoms. The average Bonchev–Trinajstić information content (AvgIpc) is 4.03. The van der Waals surface area contributed by atoms with E-state index in [9.17, 15) is 0 Å². The Kier molecular flexibility index (Phi) is 10.2. The third-order valence-corrected chi connectivity index (χ3v) is 13.9. The summed E-state index contributed by atoms with van der Waals surface area (Å²) in [5, 5.41) is 1.69. The number of unbranched alkanes of at least 4 members (excludes halogenated alkanes) is 6. The molecule has 0 aliphatic carbocycles. The number of aromatic nitrogens is 1. The van der Waals surface area contributed by atoms with E-state index in [2.05, 4.69) is 74.5 Å². The van der Waals surface area contributed by atoms with Crippen LogP contribution in [-0.4, -0.2) is 21.6 Å². The van der Waals surface area contributed by atoms with Crippen LogP contribution in [0.15, 0.2) is 121 Å². The number of hydrogen-bond acceptors (Lipinski definition) is 2. The highest BCUT2D eigenvalue weighted by Crippen LogP contribution is 2.48. The van der Waals surface area contributed by atoms with Crippen LogP contribution >= 0.6 is 22.7 Å². The maximum absolute atomic E-state index is 18.1. The topological polar surface area (TPSA) is 7.94 Å². The highest BCUT2D eigenvalue weighted by molar-refractivity contribution is 7.15. The Morgan fingerprint density at radius 2 is 1.14 bits per heavy atom. The summed E-state index contributed by atoms with van der Waals surface area (Å²) in [5.41, 5.74) is 7.62. The number of nitrogens with zero attached hydrogens (tertiary/aromatic N) is 2. The predicted octanol–water partition coefficient (Wildman–Crippen LogP) is 14.6. The molecule has 0 saturated heterocycles. The Bertz CT molecular complexity index is 2590. The summed E-state index contributed by atoms with van der Waals surface area (Å²) in [7, 11) is 0. The minimum Gasteiger partial charge on any atom is -0.389 e. The maximum Gasteiger partial charge on any atom is 0.737 e. The zero-order chi connectivity index (χ0) is 38.2. The number of hydrogen-bond donors (Lipinski definition) is 0. The quantitative estimate of drug-likeness (QED) is 0.0768. The van der Waals surface area contributed by atoms with Gasteiger partial charge in [-0.3, -0.25) is 0 Å². The molecule has 5 heterocycles. The van der Waals surface area contributed by atoms with Crippen LogP contribution in [-0.2, 0) is 12.8 Å². The van der Waals surface area contributed by atoms with E-state index in [1.54, 1.807) is 0 Å². The number of thiophene rings is 2. The van der Waals surface area contributed by atoms with E-state index in [0.717, 1.165) is 57.0 Å². The first-order chi connectivity index (χ1) is 27.5. The van der Waals surface area contributed by atoms with Crippen LogP contribution < -0.4 is 0 Å². The Morgan fingerprint density at radius 1 is 0.554 bits per heavy atom. The first-order valence-corrected chi connectivity index (χ1v) is 22.1. The second-order valence-corrected chi connectivity index (χ2v) is 17.7. The number of benzene rings is 4. The molecule has 282 valence electrons. The molecule has 9 rings (SSSR count). The normalized spacial score (nSPS) is 14.2. The molecule has 2 nitrogen and oxygen atoms in total. The van der Waals surface area contributed by atoms with Crippen molar-refractivity contribution in [2.75, 3.05) is 0 Å². The van der Waals surface area contributed by atoms with Gasteiger partial charge in [-0.2, -0.15) is 0 Å². The lowest BCUT2D eigenvalue weighted by atomic mass is 9.89. The van der Waals surface area contributed by atoms with Gasteiger partial charge in [0.2, 0.25) is 0 Å². The van der Waals surface area contributed by atoms with Crippen LogP contribution in [0.4, 0.5) is 8.63 Å². The van der Waals surface area contributed by atoms with Crippen molar-refractivity contribution in [3.63, 3.8) is 0 Å². The van der Waals surface area contributed by atoms with E-state index in [0.29, 0.717) is 22.8 Å². The van der Waals surface area contributed by atoms with Gasteiger partial charge in [0.05, 0.1) is 11.1 Å². The Morgan fingerprint density at radius 3 is 1.77 bits per heavy atom. The molecule has 7 aromatic rings. The van der Waals surface area contributed by atoms with Gasteiger partial charge in [0, 0.05) is 53.3 Å². The van der Waals surface area contributed by atoms with Gasteiger partial charge in [-0.1, -0.05) is 119 Å². The van der Waals surface area contributed by atoms with Crippen molar-refractivity contribution in [1.82, 2.24) is 4.48 Å². The summed E-state index contributed by atoms with van der Waals surface area (Å²) in [6.07, 6.45) is 14.0. The maximum atomic E-state index is 18.1. The molecule has 0 saturated carbocycles. The van der Waals surface area contributed by atoms with E-state index in [1.165, 1.54) is 79.8 Å². The third-order valence-electron chi connectivity index (χ3n) is 11.5. The zero-order valence-electron chi connectivity index (χ0n) is 32.2. The molecule has 2 aliphatic heterocycles. The van der Waals surface area contributed by atoms with E-state index in [-0.39, 0.29) is 0 Å². The molecule has 0 fully saturated rings. The van der Waals surface area contributed by atoms with Gasteiger partial charge >= 0.3 is 6.97 Å². The molecule has 0 bridgehead atoms. The minimum absolute atomic E-state index is 0.555. The van der Waals surface area contributed by atoms with Crippen LogP contribution in [0, 0.1) is 0 Å². The van der Waals surface area contributed by atoms with Crippen molar-refractivity contribution in [3.8, 4) is 32.1 Å². The summed E-state index contributed by atoms with van der Waals surface area (Å²) >= 11 is 3.65. The van der Waals surface area contributed by atoms with E-state index in [4.69, 9.17) is 0 Å². The van der Waals surface area contributed by atoms with Crippen LogP contribution in [0.3, 0.4) is 0 Å². The molecule has 0 radical (unpaired) electrons. The Labute approximate surface area is 337 Å². The number of rotatable bonds is 14. The molecular weight excluding hydrogens is 729 g/mol. The first kappa shape index (κ1) is 36.8. The van der Waals surface area contributed by atoms with E-state index >= 15 is 8.63 Å². The third kappa shape index (κ3) is 6.63. The van der Waals surface area contributed by atoms with Crippen LogP contribution in [0.25, 0.3) is 54.7 Å². The van der Waals surface area contributed by atoms with Crippen molar-refractivity contribution < 1.29 is 13.1 Å². The summed E-state index contributed by atoms with van der Waals surface area (Å²) in [6.45, 7) is 0.139. The van der Waals surface area contributed by atoms with Gasteiger partial charge in [-0.15, -0.1) is 22.7 Å². The van der Waals surface area contributed by atoms with E-state index < -0.39 is 6.97 Å². The first-order valence-electron chi connectivity index (χ1n) is 20.5. The van der Waals surface area contributed by atoms with Gasteiger partial charge in [0.25, 0.3) is 0 Å². The number of aryl methyl sites for hydroxylation is 2. The van der Waals surface area contributed by atoms with Crippen molar-refractivity contribution >= 4 is 57.9 Å². The smallest absolute Gasteiger partial charge is 0.389 e. The van der Waals surface area contributed by atoms with Gasteiger partial charge in [-0.25, -0.2) is 0 Å². The Balaban J connectivity index is 1.19. The summed E-state index contributed by atoms with van der Waals surface area (Å²) in [4.78, 5) is 5.11. The predicted molar refractivity (Wildman–Crippen MR) is 237 cm³/mol. The largest absolute Gasteiger partial charge is 0.737 e. The number of halogens is 2. The molecule has 0 spiro atoms. The highest BCUT2D eigenvalue weighted by Gasteiger charge is 2.56. The van der Waals surface area contributed by atoms with Crippen LogP contribution in [0.2, 0.25) is 0 Å². The van der Waals surface area contributed by atoms with E-state index in [1.807, 2.05) is 89.4 Å². The molecule has 2 aliphatic rings. The summed E-state index contributed by atoms with van der Waals surface area (Å²) in [5.74, 6) is 0. The molecule has 0 unspecified atom stereocenters. The Hall–Kier alpha value is -4.85. The fourth-order valence-corrected chi connectivity index (χ4v) is 10.8. The molecule has 3 aromatic heterocycles. The lowest BCUT2D eigenvalue weighted by Crippen LogP contribution is -2.50. The van der Waals surface area contributed by atoms with Gasteiger partial charge in [0.15, 0.2) is 11.4 Å². The number of fused-ring (bicyclic) bond motifs is 6. The van der Waals surface area contributed by atoms with Crippen molar-refractivity contribution in [3.05, 3.63) is 153 Å². The zero-order valence-corrected chi connectivity index (χ0v) is 33.9. The SMILES string of the molecule is CCCCCCc1ccc(-c2ccc3c(c2)C(c2ccccc2)=[N+]2C3=Cc3c4ccc(-c5ccc(CCCCCC)s5)cc4c(-c4ccccc4)n3[B-]2(F)F)s1. The molecule has 0 atom stereocenters. The van der Waals surface area contributed by atoms with Crippen LogP contribution in [0.1, 0.15) is 97.4 Å². The van der Waals surface area contributed by atoms with Crippen molar-refractivity contribution in [2.45, 2.75) is 78.1 Å².